The van der Waals surface area contributed by atoms with E-state index in [4.69, 9.17) is 10.5 Å². The average Bonchev–Trinajstić information content (AvgIpc) is 3.27. The molecule has 37 heavy (non-hydrogen) atoms. The minimum atomic E-state index is -4.74. The molecule has 1 fully saturated rings. The predicted octanol–water partition coefficient (Wildman–Crippen LogP) is 3.98. The van der Waals surface area contributed by atoms with Crippen molar-refractivity contribution in [2.24, 2.45) is 5.73 Å². The van der Waals surface area contributed by atoms with Crippen LogP contribution in [0, 0.1) is 0 Å². The van der Waals surface area contributed by atoms with Crippen molar-refractivity contribution in [1.29, 1.82) is 0 Å². The molecule has 0 aliphatic carbocycles. The molecule has 1 unspecified atom stereocenters. The molecule has 1 atom stereocenters. The van der Waals surface area contributed by atoms with Crippen LogP contribution in [0.25, 0.3) is 11.0 Å². The number of hydrogen-bond acceptors (Lipinski definition) is 6. The molecule has 0 radical (unpaired) electrons. The van der Waals surface area contributed by atoms with Crippen molar-refractivity contribution in [3.63, 3.8) is 0 Å². The molecule has 1 aliphatic heterocycles. The summed E-state index contributed by atoms with van der Waals surface area (Å²) >= 11 is 0. The number of hydrogen-bond donors (Lipinski definition) is 1. The van der Waals surface area contributed by atoms with E-state index in [0.717, 1.165) is 33.5 Å². The van der Waals surface area contributed by atoms with Gasteiger partial charge in [-0.2, -0.15) is 0 Å². The number of nitrogens with zero attached hydrogens (tertiary/aromatic N) is 4. The first kappa shape index (κ1) is 24.6. The molecule has 11 heteroatoms. The lowest BCUT2D eigenvalue weighted by Gasteiger charge is -2.37. The molecule has 0 saturated carbocycles. The van der Waals surface area contributed by atoms with Gasteiger partial charge in [0, 0.05) is 19.3 Å². The molecule has 1 aliphatic rings. The summed E-state index contributed by atoms with van der Waals surface area (Å²) in [6, 6.07) is 15.2. The molecule has 8 nitrogen and oxygen atoms in total. The molecule has 2 aromatic heterocycles. The zero-order valence-electron chi connectivity index (χ0n) is 19.7. The van der Waals surface area contributed by atoms with Gasteiger partial charge in [-0.15, -0.1) is 13.2 Å². The van der Waals surface area contributed by atoms with Gasteiger partial charge >= 0.3 is 6.36 Å². The van der Waals surface area contributed by atoms with Crippen LogP contribution < -0.4 is 15.4 Å². The van der Waals surface area contributed by atoms with E-state index in [1.165, 1.54) is 18.5 Å². The first-order valence-electron chi connectivity index (χ1n) is 11.6. The number of morpholine rings is 1. The topological polar surface area (TPSA) is 95.5 Å². The molecule has 1 amide bonds. The second kappa shape index (κ2) is 10.1. The van der Waals surface area contributed by atoms with Crippen molar-refractivity contribution in [1.82, 2.24) is 14.5 Å². The molecular weight excluding hydrogens is 487 g/mol. The third kappa shape index (κ3) is 5.67. The first-order valence-corrected chi connectivity index (χ1v) is 11.6. The van der Waals surface area contributed by atoms with Gasteiger partial charge in [0.1, 0.15) is 23.5 Å². The van der Waals surface area contributed by atoms with Gasteiger partial charge in [-0.05, 0) is 34.9 Å². The Bertz CT molecular complexity index is 1390. The number of alkyl halides is 3. The Hall–Kier alpha value is -4.12. The minimum absolute atomic E-state index is 0.197. The number of aromatic nitrogens is 3. The normalized spacial score (nSPS) is 16.2. The number of halogens is 3. The molecule has 3 heterocycles. The van der Waals surface area contributed by atoms with E-state index < -0.39 is 6.36 Å². The van der Waals surface area contributed by atoms with Crippen LogP contribution in [0.1, 0.15) is 22.7 Å². The first-order chi connectivity index (χ1) is 17.8. The molecule has 1 saturated heterocycles. The summed E-state index contributed by atoms with van der Waals surface area (Å²) in [4.78, 5) is 22.3. The number of nitrogens with two attached hydrogens (primary N) is 1. The number of amides is 1. The SMILES string of the molecule is NC(=O)Cc1ccc(Cn2ccc3c(N4CCOCC4c4ccc(OC(F)(F)F)cc4)ncnc32)cc1. The summed E-state index contributed by atoms with van der Waals surface area (Å²) in [5, 5.41) is 0.858. The maximum Gasteiger partial charge on any atom is 0.573 e. The van der Waals surface area contributed by atoms with Crippen molar-refractivity contribution in [3.05, 3.63) is 83.8 Å². The molecule has 0 spiro atoms. The molecule has 5 rings (SSSR count). The summed E-state index contributed by atoms with van der Waals surface area (Å²) in [6.07, 6.45) is -1.09. The highest BCUT2D eigenvalue weighted by molar-refractivity contribution is 5.88. The Morgan fingerprint density at radius 3 is 2.49 bits per heavy atom. The smallest absolute Gasteiger partial charge is 0.406 e. The van der Waals surface area contributed by atoms with Gasteiger partial charge in [-0.1, -0.05) is 36.4 Å². The fraction of sp³-hybridized carbons (Fsp3) is 0.269. The molecular formula is C26H24F3N5O3. The van der Waals surface area contributed by atoms with Crippen molar-refractivity contribution < 1.29 is 27.4 Å². The van der Waals surface area contributed by atoms with Crippen LogP contribution in [0.2, 0.25) is 0 Å². The average molecular weight is 512 g/mol. The number of ether oxygens (including phenoxy) is 2. The largest absolute Gasteiger partial charge is 0.573 e. The molecule has 192 valence electrons. The van der Waals surface area contributed by atoms with Crippen molar-refractivity contribution in [3.8, 4) is 5.75 Å². The van der Waals surface area contributed by atoms with Crippen molar-refractivity contribution >= 4 is 22.8 Å². The lowest BCUT2D eigenvalue weighted by molar-refractivity contribution is -0.274. The third-order valence-electron chi connectivity index (χ3n) is 6.19. The predicted molar refractivity (Wildman–Crippen MR) is 130 cm³/mol. The van der Waals surface area contributed by atoms with Gasteiger partial charge < -0.3 is 24.7 Å². The highest BCUT2D eigenvalue weighted by Crippen LogP contribution is 2.34. The summed E-state index contributed by atoms with van der Waals surface area (Å²) in [5.74, 6) is 0.0774. The zero-order chi connectivity index (χ0) is 26.0. The van der Waals surface area contributed by atoms with Gasteiger partial charge in [0.2, 0.25) is 5.91 Å². The van der Waals surface area contributed by atoms with Crippen LogP contribution in [0.15, 0.2) is 67.1 Å². The van der Waals surface area contributed by atoms with Crippen molar-refractivity contribution in [2.75, 3.05) is 24.7 Å². The van der Waals surface area contributed by atoms with Gasteiger partial charge in [0.05, 0.1) is 31.1 Å². The molecule has 4 aromatic rings. The summed E-state index contributed by atoms with van der Waals surface area (Å²) < 4.78 is 49.4. The van der Waals surface area contributed by atoms with Gasteiger partial charge in [-0.25, -0.2) is 9.97 Å². The van der Waals surface area contributed by atoms with Gasteiger partial charge in [0.15, 0.2) is 0 Å². The number of carbonyl (C=O) groups excluding carboxylic acids is 1. The summed E-state index contributed by atoms with van der Waals surface area (Å²) in [6.45, 7) is 1.99. The molecule has 2 N–H and O–H groups in total. The lowest BCUT2D eigenvalue weighted by atomic mass is 10.0. The minimum Gasteiger partial charge on any atom is -0.406 e. The fourth-order valence-electron chi connectivity index (χ4n) is 4.53. The highest BCUT2D eigenvalue weighted by atomic mass is 19.4. The fourth-order valence-corrected chi connectivity index (χ4v) is 4.53. The summed E-state index contributed by atoms with van der Waals surface area (Å²) in [7, 11) is 0. The van der Waals surface area contributed by atoms with E-state index in [2.05, 4.69) is 19.6 Å². The number of anilines is 1. The standard InChI is InChI=1S/C26H24F3N5O3/c27-26(28,29)37-20-7-5-19(6-8-20)22-15-36-12-11-34(22)25-21-9-10-33(24(21)31-16-32-25)14-18-3-1-17(2-4-18)13-23(30)35/h1-10,16,22H,11-15H2,(H2,30,35). The van der Waals surface area contributed by atoms with Crippen LogP contribution in [-0.4, -0.2) is 46.6 Å². The Kier molecular flexibility index (Phi) is 6.70. The van der Waals surface area contributed by atoms with E-state index >= 15 is 0 Å². The van der Waals surface area contributed by atoms with Gasteiger partial charge in [-0.3, -0.25) is 4.79 Å². The van der Waals surface area contributed by atoms with Crippen LogP contribution >= 0.6 is 0 Å². The van der Waals surface area contributed by atoms with E-state index in [0.29, 0.717) is 26.3 Å². The van der Waals surface area contributed by atoms with E-state index in [-0.39, 0.29) is 24.1 Å². The maximum atomic E-state index is 12.5. The second-order valence-corrected chi connectivity index (χ2v) is 8.74. The Labute approximate surface area is 210 Å². The monoisotopic (exact) mass is 511 g/mol. The Morgan fingerprint density at radius 2 is 1.78 bits per heavy atom. The van der Waals surface area contributed by atoms with Crippen LogP contribution in [0.4, 0.5) is 19.0 Å². The number of carbonyl (C=O) groups is 1. The Balaban J connectivity index is 1.40. The number of benzene rings is 2. The second-order valence-electron chi connectivity index (χ2n) is 8.74. The molecule has 0 bridgehead atoms. The lowest BCUT2D eigenvalue weighted by Crippen LogP contribution is -2.40. The zero-order valence-corrected chi connectivity index (χ0v) is 19.7. The van der Waals surface area contributed by atoms with E-state index in [1.54, 1.807) is 12.1 Å². The number of fused-ring (bicyclic) bond motifs is 1. The quantitative estimate of drug-likeness (QED) is 0.403. The highest BCUT2D eigenvalue weighted by Gasteiger charge is 2.32. The van der Waals surface area contributed by atoms with E-state index in [1.807, 2.05) is 41.1 Å². The summed E-state index contributed by atoms with van der Waals surface area (Å²) in [5.41, 5.74) is 8.71. The third-order valence-corrected chi connectivity index (χ3v) is 6.19. The number of primary amides is 1. The Morgan fingerprint density at radius 1 is 1.05 bits per heavy atom. The van der Waals surface area contributed by atoms with Crippen LogP contribution in [-0.2, 0) is 22.5 Å². The van der Waals surface area contributed by atoms with Crippen molar-refractivity contribution in [2.45, 2.75) is 25.4 Å². The van der Waals surface area contributed by atoms with Crippen LogP contribution in [0.3, 0.4) is 0 Å². The number of rotatable bonds is 7. The molecule has 2 aromatic carbocycles. The van der Waals surface area contributed by atoms with Gasteiger partial charge in [0.25, 0.3) is 0 Å². The van der Waals surface area contributed by atoms with Crippen LogP contribution in [0.5, 0.6) is 5.75 Å². The van der Waals surface area contributed by atoms with E-state index in [9.17, 15) is 18.0 Å². The maximum absolute atomic E-state index is 12.5.